The van der Waals surface area contributed by atoms with Crippen LogP contribution in [-0.2, 0) is 5.60 Å². The van der Waals surface area contributed by atoms with Crippen molar-refractivity contribution >= 4 is 0 Å². The molecule has 2 N–H and O–H groups in total. The number of phenols is 1. The van der Waals surface area contributed by atoms with Gasteiger partial charge in [0, 0.05) is 5.56 Å². The van der Waals surface area contributed by atoms with Crippen molar-refractivity contribution in [2.24, 2.45) is 0 Å². The van der Waals surface area contributed by atoms with Gasteiger partial charge in [0.05, 0.1) is 5.60 Å². The van der Waals surface area contributed by atoms with E-state index in [1.165, 1.54) is 0 Å². The van der Waals surface area contributed by atoms with Gasteiger partial charge in [0.25, 0.3) is 0 Å². The first-order chi connectivity index (χ1) is 6.04. The second-order valence-electron chi connectivity index (χ2n) is 3.94. The van der Waals surface area contributed by atoms with Crippen LogP contribution in [0.25, 0.3) is 0 Å². The quantitative estimate of drug-likeness (QED) is 0.690. The number of phenolic OH excluding ortho intramolecular Hbond substituents is 1. The van der Waals surface area contributed by atoms with Crippen molar-refractivity contribution in [2.75, 3.05) is 0 Å². The van der Waals surface area contributed by atoms with E-state index >= 15 is 0 Å². The summed E-state index contributed by atoms with van der Waals surface area (Å²) in [5, 5.41) is 19.6. The Bertz CT molecular complexity index is 351. The first-order valence-electron chi connectivity index (χ1n) is 4.57. The molecular weight excluding hydrogens is 164 g/mol. The summed E-state index contributed by atoms with van der Waals surface area (Å²) in [7, 11) is 0. The smallest absolute Gasteiger partial charge is 0.124 e. The maximum absolute atomic E-state index is 9.84. The molecule has 1 aliphatic carbocycles. The highest BCUT2D eigenvalue weighted by molar-refractivity contribution is 5.48. The molecule has 0 unspecified atom stereocenters. The molecule has 70 valence electrons. The Labute approximate surface area is 77.8 Å². The van der Waals surface area contributed by atoms with Gasteiger partial charge in [-0.2, -0.15) is 0 Å². The number of benzene rings is 1. The van der Waals surface area contributed by atoms with E-state index in [1.807, 2.05) is 26.0 Å². The number of rotatable bonds is 1. The lowest BCUT2D eigenvalue weighted by Crippen LogP contribution is -2.05. The second-order valence-corrected chi connectivity index (χ2v) is 3.94. The van der Waals surface area contributed by atoms with Crippen LogP contribution in [0.4, 0.5) is 0 Å². The van der Waals surface area contributed by atoms with Gasteiger partial charge < -0.3 is 10.2 Å². The van der Waals surface area contributed by atoms with Crippen molar-refractivity contribution in [3.63, 3.8) is 0 Å². The van der Waals surface area contributed by atoms with Gasteiger partial charge in [0.1, 0.15) is 5.75 Å². The van der Waals surface area contributed by atoms with E-state index < -0.39 is 5.60 Å². The summed E-state index contributed by atoms with van der Waals surface area (Å²) in [4.78, 5) is 0. The molecule has 13 heavy (non-hydrogen) atoms. The normalized spacial score (nSPS) is 18.7. The van der Waals surface area contributed by atoms with Gasteiger partial charge in [-0.05, 0) is 37.8 Å². The van der Waals surface area contributed by atoms with Crippen LogP contribution in [0.15, 0.2) is 12.1 Å². The summed E-state index contributed by atoms with van der Waals surface area (Å²) < 4.78 is 0. The SMILES string of the molecule is Cc1ccc(C2(O)CC2)c(O)c1C. The highest BCUT2D eigenvalue weighted by Gasteiger charge is 2.44. The predicted octanol–water partition coefficient (Wildman–Crippen LogP) is 1.99. The molecule has 0 atom stereocenters. The Balaban J connectivity index is 2.54. The van der Waals surface area contributed by atoms with Gasteiger partial charge in [0.15, 0.2) is 0 Å². The number of hydrogen-bond donors (Lipinski definition) is 2. The van der Waals surface area contributed by atoms with Crippen molar-refractivity contribution in [1.82, 2.24) is 0 Å². The highest BCUT2D eigenvalue weighted by atomic mass is 16.3. The maximum atomic E-state index is 9.84. The summed E-state index contributed by atoms with van der Waals surface area (Å²) in [5.41, 5.74) is 1.89. The molecule has 1 aromatic carbocycles. The summed E-state index contributed by atoms with van der Waals surface area (Å²) in [5.74, 6) is 0.264. The summed E-state index contributed by atoms with van der Waals surface area (Å²) in [6, 6.07) is 3.77. The van der Waals surface area contributed by atoms with Crippen LogP contribution >= 0.6 is 0 Å². The van der Waals surface area contributed by atoms with Gasteiger partial charge in [-0.25, -0.2) is 0 Å². The molecule has 2 heteroatoms. The number of hydrogen-bond acceptors (Lipinski definition) is 2. The van der Waals surface area contributed by atoms with Crippen LogP contribution in [0.2, 0.25) is 0 Å². The molecule has 1 saturated carbocycles. The van der Waals surface area contributed by atoms with E-state index in [-0.39, 0.29) is 5.75 Å². The zero-order chi connectivity index (χ0) is 9.64. The zero-order valence-electron chi connectivity index (χ0n) is 7.96. The van der Waals surface area contributed by atoms with Crippen LogP contribution in [-0.4, -0.2) is 10.2 Å². The highest BCUT2D eigenvalue weighted by Crippen LogP contribution is 2.49. The molecule has 1 fully saturated rings. The van der Waals surface area contributed by atoms with Crippen molar-refractivity contribution in [3.8, 4) is 5.75 Å². The van der Waals surface area contributed by atoms with Crippen molar-refractivity contribution < 1.29 is 10.2 Å². The third-order valence-electron chi connectivity index (χ3n) is 2.93. The minimum atomic E-state index is -0.734. The van der Waals surface area contributed by atoms with Crippen LogP contribution in [0.1, 0.15) is 29.5 Å². The monoisotopic (exact) mass is 178 g/mol. The molecule has 0 bridgehead atoms. The Morgan fingerprint density at radius 2 is 1.85 bits per heavy atom. The fraction of sp³-hybridized carbons (Fsp3) is 0.455. The predicted molar refractivity (Wildman–Crippen MR) is 50.7 cm³/mol. The second kappa shape index (κ2) is 2.48. The minimum Gasteiger partial charge on any atom is -0.507 e. The minimum absolute atomic E-state index is 0.264. The van der Waals surface area contributed by atoms with Gasteiger partial charge in [0.2, 0.25) is 0 Å². The molecule has 0 saturated heterocycles. The molecule has 0 aromatic heterocycles. The number of aromatic hydroxyl groups is 1. The summed E-state index contributed by atoms with van der Waals surface area (Å²) in [6.07, 6.45) is 1.53. The first kappa shape index (κ1) is 8.57. The third kappa shape index (κ3) is 1.22. The van der Waals surface area contributed by atoms with Gasteiger partial charge in [-0.15, -0.1) is 0 Å². The molecule has 1 aliphatic rings. The lowest BCUT2D eigenvalue weighted by molar-refractivity contribution is 0.147. The Morgan fingerprint density at radius 3 is 2.38 bits per heavy atom. The van der Waals surface area contributed by atoms with Gasteiger partial charge in [-0.3, -0.25) is 0 Å². The topological polar surface area (TPSA) is 40.5 Å². The lowest BCUT2D eigenvalue weighted by Gasteiger charge is -2.13. The lowest BCUT2D eigenvalue weighted by atomic mass is 9.99. The molecule has 0 amide bonds. The molecule has 0 radical (unpaired) electrons. The maximum Gasteiger partial charge on any atom is 0.124 e. The van der Waals surface area contributed by atoms with Crippen molar-refractivity contribution in [1.29, 1.82) is 0 Å². The fourth-order valence-electron chi connectivity index (χ4n) is 1.56. The van der Waals surface area contributed by atoms with Crippen LogP contribution in [0.5, 0.6) is 5.75 Å². The molecule has 0 spiro atoms. The fourth-order valence-corrected chi connectivity index (χ4v) is 1.56. The van der Waals surface area contributed by atoms with E-state index in [4.69, 9.17) is 0 Å². The van der Waals surface area contributed by atoms with Crippen LogP contribution in [0.3, 0.4) is 0 Å². The van der Waals surface area contributed by atoms with Gasteiger partial charge in [-0.1, -0.05) is 12.1 Å². The number of aryl methyl sites for hydroxylation is 1. The molecule has 2 nitrogen and oxygen atoms in total. The average molecular weight is 178 g/mol. The zero-order valence-corrected chi connectivity index (χ0v) is 7.96. The molecule has 1 aromatic rings. The third-order valence-corrected chi connectivity index (χ3v) is 2.93. The van der Waals surface area contributed by atoms with Gasteiger partial charge >= 0.3 is 0 Å². The van der Waals surface area contributed by atoms with E-state index in [1.54, 1.807) is 0 Å². The van der Waals surface area contributed by atoms with Crippen LogP contribution < -0.4 is 0 Å². The molecule has 2 rings (SSSR count). The van der Waals surface area contributed by atoms with E-state index in [2.05, 4.69) is 0 Å². The Morgan fingerprint density at radius 1 is 1.23 bits per heavy atom. The molecule has 0 heterocycles. The molecule has 0 aliphatic heterocycles. The Kier molecular flexibility index (Phi) is 1.64. The first-order valence-corrected chi connectivity index (χ1v) is 4.57. The average Bonchev–Trinajstić information content (AvgIpc) is 2.80. The summed E-state index contributed by atoms with van der Waals surface area (Å²) in [6.45, 7) is 3.83. The number of aliphatic hydroxyl groups is 1. The van der Waals surface area contributed by atoms with E-state index in [9.17, 15) is 10.2 Å². The van der Waals surface area contributed by atoms with Crippen LogP contribution in [0, 0.1) is 13.8 Å². The largest absolute Gasteiger partial charge is 0.507 e. The molecular formula is C11H14O2. The van der Waals surface area contributed by atoms with E-state index in [0.717, 1.165) is 24.0 Å². The summed E-state index contributed by atoms with van der Waals surface area (Å²) >= 11 is 0. The van der Waals surface area contributed by atoms with Crippen molar-refractivity contribution in [3.05, 3.63) is 28.8 Å². The van der Waals surface area contributed by atoms with E-state index in [0.29, 0.717) is 5.56 Å². The standard InChI is InChI=1S/C11H14O2/c1-7-3-4-9(10(12)8(7)2)11(13)5-6-11/h3-4,12-13H,5-6H2,1-2H3. The van der Waals surface area contributed by atoms with Crippen molar-refractivity contribution in [2.45, 2.75) is 32.3 Å². The Hall–Kier alpha value is -1.02.